The predicted molar refractivity (Wildman–Crippen MR) is 81.1 cm³/mol. The first-order chi connectivity index (χ1) is 9.47. The second-order valence-corrected chi connectivity index (χ2v) is 6.05. The van der Waals surface area contributed by atoms with Crippen LogP contribution >= 0.6 is 11.3 Å². The molecule has 0 fully saturated rings. The van der Waals surface area contributed by atoms with Crippen molar-refractivity contribution in [2.24, 2.45) is 0 Å². The highest BCUT2D eigenvalue weighted by Crippen LogP contribution is 2.29. The molecule has 0 spiro atoms. The number of nitrogens with two attached hydrogens (primary N) is 1. The Balaban J connectivity index is 2.17. The highest BCUT2D eigenvalue weighted by atomic mass is 32.1. The highest BCUT2D eigenvalue weighted by molar-refractivity contribution is 7.11. The van der Waals surface area contributed by atoms with E-state index < -0.39 is 0 Å². The van der Waals surface area contributed by atoms with Gasteiger partial charge in [-0.3, -0.25) is 0 Å². The number of aromatic nitrogens is 3. The summed E-state index contributed by atoms with van der Waals surface area (Å²) in [5, 5.41) is 4.24. The van der Waals surface area contributed by atoms with Gasteiger partial charge in [0.25, 0.3) is 0 Å². The lowest BCUT2D eigenvalue weighted by Crippen LogP contribution is -2.13. The number of nitrogens with one attached hydrogen (secondary N) is 1. The van der Waals surface area contributed by atoms with Crippen LogP contribution in [0.15, 0.2) is 12.5 Å². The van der Waals surface area contributed by atoms with Crippen molar-refractivity contribution in [3.05, 3.63) is 22.4 Å². The van der Waals surface area contributed by atoms with Gasteiger partial charge in [0, 0.05) is 11.1 Å². The van der Waals surface area contributed by atoms with E-state index >= 15 is 0 Å². The molecule has 2 aromatic rings. The molecule has 0 bridgehead atoms. The van der Waals surface area contributed by atoms with Crippen molar-refractivity contribution in [3.63, 3.8) is 0 Å². The van der Waals surface area contributed by atoms with Crippen LogP contribution in [0.2, 0.25) is 0 Å². The number of hydrogen-bond donors (Lipinski definition) is 2. The summed E-state index contributed by atoms with van der Waals surface area (Å²) in [6.07, 6.45) is 3.31. The third-order valence-corrected chi connectivity index (χ3v) is 3.65. The van der Waals surface area contributed by atoms with E-state index in [9.17, 15) is 0 Å². The molecule has 108 valence electrons. The molecule has 3 N–H and O–H groups in total. The van der Waals surface area contributed by atoms with E-state index in [1.54, 1.807) is 11.3 Å². The van der Waals surface area contributed by atoms with Crippen molar-refractivity contribution >= 4 is 22.8 Å². The van der Waals surface area contributed by atoms with Gasteiger partial charge >= 0.3 is 0 Å². The second kappa shape index (κ2) is 6.04. The Morgan fingerprint density at radius 2 is 2.00 bits per heavy atom. The maximum absolute atomic E-state index is 6.03. The van der Waals surface area contributed by atoms with E-state index in [0.29, 0.717) is 17.4 Å². The standard InChI is InChI=1S/C13H19N5OS/c1-7(2)19-12-10(14)11(16-6-17-12)18-9(4)13-15-5-8(3)20-13/h5-7,9H,14H2,1-4H3,(H,16,17,18). The normalized spacial score (nSPS) is 12.4. The maximum atomic E-state index is 6.03. The van der Waals surface area contributed by atoms with Gasteiger partial charge in [-0.15, -0.1) is 11.3 Å². The summed E-state index contributed by atoms with van der Waals surface area (Å²) in [7, 11) is 0. The Labute approximate surface area is 122 Å². The van der Waals surface area contributed by atoms with Gasteiger partial charge in [-0.1, -0.05) is 0 Å². The van der Waals surface area contributed by atoms with Gasteiger partial charge in [-0.2, -0.15) is 4.98 Å². The van der Waals surface area contributed by atoms with E-state index in [2.05, 4.69) is 20.3 Å². The van der Waals surface area contributed by atoms with Crippen LogP contribution in [0, 0.1) is 6.92 Å². The number of nitrogens with zero attached hydrogens (tertiary/aromatic N) is 3. The Bertz CT molecular complexity index is 584. The average molecular weight is 293 g/mol. The van der Waals surface area contributed by atoms with Crippen LogP contribution in [0.3, 0.4) is 0 Å². The molecule has 2 heterocycles. The molecule has 0 amide bonds. The lowest BCUT2D eigenvalue weighted by Gasteiger charge is -2.16. The number of hydrogen-bond acceptors (Lipinski definition) is 7. The first-order valence-electron chi connectivity index (χ1n) is 6.43. The van der Waals surface area contributed by atoms with Crippen molar-refractivity contribution in [1.82, 2.24) is 15.0 Å². The summed E-state index contributed by atoms with van der Waals surface area (Å²) >= 11 is 1.65. The minimum Gasteiger partial charge on any atom is -0.473 e. The minimum atomic E-state index is 0.0130. The summed E-state index contributed by atoms with van der Waals surface area (Å²) in [5.41, 5.74) is 6.45. The van der Waals surface area contributed by atoms with Crippen LogP contribution in [0.5, 0.6) is 5.88 Å². The Hall–Kier alpha value is -1.89. The zero-order chi connectivity index (χ0) is 14.7. The fourth-order valence-electron chi connectivity index (χ4n) is 1.65. The molecule has 0 radical (unpaired) electrons. The topological polar surface area (TPSA) is 86.0 Å². The summed E-state index contributed by atoms with van der Waals surface area (Å²) in [5.74, 6) is 0.969. The van der Waals surface area contributed by atoms with Crippen LogP contribution in [0.25, 0.3) is 0 Å². The SMILES string of the molecule is Cc1cnc(C(C)Nc2ncnc(OC(C)C)c2N)s1. The summed E-state index contributed by atoms with van der Waals surface area (Å²) in [6.45, 7) is 7.90. The van der Waals surface area contributed by atoms with Crippen LogP contribution in [0.1, 0.15) is 36.7 Å². The van der Waals surface area contributed by atoms with Gasteiger partial charge in [0.15, 0.2) is 5.82 Å². The quantitative estimate of drug-likeness (QED) is 0.881. The van der Waals surface area contributed by atoms with E-state index in [1.165, 1.54) is 11.2 Å². The molecule has 0 saturated heterocycles. The minimum absolute atomic E-state index is 0.0130. The largest absolute Gasteiger partial charge is 0.473 e. The summed E-state index contributed by atoms with van der Waals surface area (Å²) in [4.78, 5) is 13.7. The van der Waals surface area contributed by atoms with Gasteiger partial charge in [-0.25, -0.2) is 9.97 Å². The molecule has 0 aliphatic carbocycles. The van der Waals surface area contributed by atoms with Crippen LogP contribution in [0.4, 0.5) is 11.5 Å². The van der Waals surface area contributed by atoms with Crippen molar-refractivity contribution in [2.75, 3.05) is 11.1 Å². The molecule has 0 aliphatic heterocycles. The zero-order valence-electron chi connectivity index (χ0n) is 12.0. The summed E-state index contributed by atoms with van der Waals surface area (Å²) < 4.78 is 5.55. The molecule has 2 rings (SSSR count). The third kappa shape index (κ3) is 3.36. The smallest absolute Gasteiger partial charge is 0.242 e. The fourth-order valence-corrected chi connectivity index (χ4v) is 2.43. The van der Waals surface area contributed by atoms with Gasteiger partial charge in [-0.05, 0) is 27.7 Å². The van der Waals surface area contributed by atoms with Crippen LogP contribution in [-0.2, 0) is 0 Å². The first kappa shape index (κ1) is 14.5. The maximum Gasteiger partial charge on any atom is 0.242 e. The van der Waals surface area contributed by atoms with Crippen molar-refractivity contribution in [3.8, 4) is 5.88 Å². The van der Waals surface area contributed by atoms with E-state index in [4.69, 9.17) is 10.5 Å². The molecular formula is C13H19N5OS. The average Bonchev–Trinajstić information content (AvgIpc) is 2.80. The fraction of sp³-hybridized carbons (Fsp3) is 0.462. The molecule has 1 atom stereocenters. The van der Waals surface area contributed by atoms with E-state index in [-0.39, 0.29) is 12.1 Å². The molecule has 6 nitrogen and oxygen atoms in total. The molecule has 0 aliphatic rings. The number of rotatable bonds is 5. The molecule has 0 aromatic carbocycles. The van der Waals surface area contributed by atoms with Crippen molar-refractivity contribution < 1.29 is 4.74 Å². The Morgan fingerprint density at radius 1 is 1.25 bits per heavy atom. The van der Waals surface area contributed by atoms with Gasteiger partial charge in [0.2, 0.25) is 5.88 Å². The lowest BCUT2D eigenvalue weighted by molar-refractivity contribution is 0.234. The molecule has 0 saturated carbocycles. The molecular weight excluding hydrogens is 274 g/mol. The number of thiazole rings is 1. The first-order valence-corrected chi connectivity index (χ1v) is 7.25. The lowest BCUT2D eigenvalue weighted by atomic mass is 10.3. The summed E-state index contributed by atoms with van der Waals surface area (Å²) in [6, 6.07) is 0.0257. The van der Waals surface area contributed by atoms with Crippen molar-refractivity contribution in [1.29, 1.82) is 0 Å². The number of ether oxygens (including phenoxy) is 1. The number of aryl methyl sites for hydroxylation is 1. The van der Waals surface area contributed by atoms with Gasteiger partial charge in [0.05, 0.1) is 12.1 Å². The number of anilines is 2. The third-order valence-electron chi connectivity index (χ3n) is 2.56. The zero-order valence-corrected chi connectivity index (χ0v) is 12.9. The van der Waals surface area contributed by atoms with Crippen LogP contribution < -0.4 is 15.8 Å². The molecule has 2 aromatic heterocycles. The van der Waals surface area contributed by atoms with Gasteiger partial charge < -0.3 is 15.8 Å². The van der Waals surface area contributed by atoms with E-state index in [1.807, 2.05) is 33.9 Å². The highest BCUT2D eigenvalue weighted by Gasteiger charge is 2.15. The second-order valence-electron chi connectivity index (χ2n) is 4.78. The van der Waals surface area contributed by atoms with Crippen molar-refractivity contribution in [2.45, 2.75) is 39.8 Å². The Morgan fingerprint density at radius 3 is 2.60 bits per heavy atom. The molecule has 20 heavy (non-hydrogen) atoms. The molecule has 7 heteroatoms. The molecule has 1 unspecified atom stereocenters. The predicted octanol–water partition coefficient (Wildman–Crippen LogP) is 2.78. The Kier molecular flexibility index (Phi) is 4.39. The monoisotopic (exact) mass is 293 g/mol. The van der Waals surface area contributed by atoms with E-state index in [0.717, 1.165) is 5.01 Å². The van der Waals surface area contributed by atoms with Gasteiger partial charge in [0.1, 0.15) is 17.0 Å². The van der Waals surface area contributed by atoms with Crippen LogP contribution in [-0.4, -0.2) is 21.1 Å². The number of nitrogen functional groups attached to an aromatic ring is 1.